The number of pyridine rings is 1. The van der Waals surface area contributed by atoms with Gasteiger partial charge in [0.25, 0.3) is 0 Å². The molecule has 0 aliphatic rings. The molecule has 2 aromatic heterocycles. The maximum atomic E-state index is 11.5. The Bertz CT molecular complexity index is 780. The number of hydrogen-bond donors (Lipinski definition) is 0. The number of hydrogen-bond acceptors (Lipinski definition) is 4. The van der Waals surface area contributed by atoms with Gasteiger partial charge in [0.1, 0.15) is 5.75 Å². The molecule has 1 aromatic carbocycles. The maximum Gasteiger partial charge on any atom is 0.169 e. The quantitative estimate of drug-likeness (QED) is 0.622. The van der Waals surface area contributed by atoms with Crippen LogP contribution in [0.1, 0.15) is 16.6 Å². The molecule has 0 fully saturated rings. The summed E-state index contributed by atoms with van der Waals surface area (Å²) in [6.07, 6.45) is 3.42. The number of ketones is 1. The Morgan fingerprint density at radius 1 is 1.25 bits per heavy atom. The number of carbonyl (C=O) groups is 1. The number of Topliss-reactive ketones (excluding diaryl/α,β-unsaturated/α-hetero) is 1. The minimum absolute atomic E-state index is 0.0563. The number of fused-ring (bicyclic) bond motifs is 1. The molecule has 3 nitrogen and oxygen atoms in total. The number of rotatable bonds is 3. The van der Waals surface area contributed by atoms with E-state index in [1.807, 2.05) is 30.3 Å². The van der Waals surface area contributed by atoms with Gasteiger partial charge in [0.2, 0.25) is 0 Å². The third-order valence-electron chi connectivity index (χ3n) is 2.80. The minimum Gasteiger partial charge on any atom is -0.455 e. The first kappa shape index (κ1) is 13.3. The van der Waals surface area contributed by atoms with Crippen molar-refractivity contribution in [3.05, 3.63) is 52.1 Å². The Labute approximate surface area is 128 Å². The number of halogens is 1. The Balaban J connectivity index is 2.02. The lowest BCUT2D eigenvalue weighted by atomic mass is 10.2. The third kappa shape index (κ3) is 2.59. The summed E-state index contributed by atoms with van der Waals surface area (Å²) in [6.45, 7) is 1.56. The van der Waals surface area contributed by atoms with Crippen LogP contribution in [0.4, 0.5) is 0 Å². The molecule has 0 atom stereocenters. The average Bonchev–Trinajstić information content (AvgIpc) is 2.87. The first-order chi connectivity index (χ1) is 9.63. The fraction of sp³-hybridized carbons (Fsp3) is 0.0667. The number of ether oxygens (including phenoxy) is 1. The molecular weight excluding hydrogens is 338 g/mol. The minimum atomic E-state index is 0.0563. The van der Waals surface area contributed by atoms with Crippen LogP contribution in [0, 0.1) is 0 Å². The maximum absolute atomic E-state index is 11.5. The van der Waals surface area contributed by atoms with Crippen molar-refractivity contribution in [1.29, 1.82) is 0 Å². The predicted octanol–water partition coefficient (Wildman–Crippen LogP) is 5.05. The molecular formula is C15H10BrNO2S. The van der Waals surface area contributed by atoms with E-state index >= 15 is 0 Å². The Hall–Kier alpha value is -1.72. The summed E-state index contributed by atoms with van der Waals surface area (Å²) in [4.78, 5) is 16.3. The number of carbonyl (C=O) groups excluding carboxylic acids is 1. The molecule has 0 saturated heterocycles. The largest absolute Gasteiger partial charge is 0.455 e. The topological polar surface area (TPSA) is 39.2 Å². The monoisotopic (exact) mass is 347 g/mol. The fourth-order valence-electron chi connectivity index (χ4n) is 1.82. The van der Waals surface area contributed by atoms with Crippen LogP contribution >= 0.6 is 27.3 Å². The molecule has 3 rings (SSSR count). The SMILES string of the molecule is CC(=O)c1cc2c(Oc3ccc(Br)cc3)cncc2s1. The second kappa shape index (κ2) is 5.34. The first-order valence-electron chi connectivity index (χ1n) is 5.95. The van der Waals surface area contributed by atoms with Gasteiger partial charge in [-0.3, -0.25) is 9.78 Å². The van der Waals surface area contributed by atoms with Crippen molar-refractivity contribution in [2.24, 2.45) is 0 Å². The van der Waals surface area contributed by atoms with Crippen molar-refractivity contribution in [3.8, 4) is 11.5 Å². The highest BCUT2D eigenvalue weighted by molar-refractivity contribution is 9.10. The van der Waals surface area contributed by atoms with Crippen molar-refractivity contribution in [3.63, 3.8) is 0 Å². The van der Waals surface area contributed by atoms with Gasteiger partial charge in [-0.1, -0.05) is 15.9 Å². The van der Waals surface area contributed by atoms with Gasteiger partial charge < -0.3 is 4.74 Å². The lowest BCUT2D eigenvalue weighted by Gasteiger charge is -2.06. The van der Waals surface area contributed by atoms with E-state index in [1.165, 1.54) is 11.3 Å². The molecule has 100 valence electrons. The van der Waals surface area contributed by atoms with Gasteiger partial charge in [-0.05, 0) is 37.3 Å². The van der Waals surface area contributed by atoms with Crippen molar-refractivity contribution < 1.29 is 9.53 Å². The van der Waals surface area contributed by atoms with E-state index in [0.29, 0.717) is 10.6 Å². The second-order valence-corrected chi connectivity index (χ2v) is 6.27. The molecule has 0 aliphatic carbocycles. The molecule has 0 spiro atoms. The summed E-state index contributed by atoms with van der Waals surface area (Å²) in [5, 5.41) is 0.915. The molecule has 0 N–H and O–H groups in total. The first-order valence-corrected chi connectivity index (χ1v) is 7.56. The predicted molar refractivity (Wildman–Crippen MR) is 83.8 cm³/mol. The lowest BCUT2D eigenvalue weighted by molar-refractivity contribution is 0.102. The van der Waals surface area contributed by atoms with Crippen LogP contribution in [0.2, 0.25) is 0 Å². The molecule has 20 heavy (non-hydrogen) atoms. The number of aromatic nitrogens is 1. The summed E-state index contributed by atoms with van der Waals surface area (Å²) < 4.78 is 7.80. The molecule has 0 amide bonds. The highest BCUT2D eigenvalue weighted by Gasteiger charge is 2.11. The third-order valence-corrected chi connectivity index (χ3v) is 4.50. The zero-order valence-electron chi connectivity index (χ0n) is 10.6. The smallest absolute Gasteiger partial charge is 0.169 e. The number of nitrogens with zero attached hydrogens (tertiary/aromatic N) is 1. The Kier molecular flexibility index (Phi) is 3.54. The molecule has 5 heteroatoms. The number of benzene rings is 1. The van der Waals surface area contributed by atoms with Crippen molar-refractivity contribution in [1.82, 2.24) is 4.98 Å². The van der Waals surface area contributed by atoms with Gasteiger partial charge in [0.15, 0.2) is 11.5 Å². The van der Waals surface area contributed by atoms with Crippen LogP contribution < -0.4 is 4.74 Å². The van der Waals surface area contributed by atoms with Gasteiger partial charge in [-0.25, -0.2) is 0 Å². The molecule has 0 unspecified atom stereocenters. The van der Waals surface area contributed by atoms with Crippen LogP contribution in [0.25, 0.3) is 10.1 Å². The molecule has 0 aliphatic heterocycles. The van der Waals surface area contributed by atoms with Crippen LogP contribution in [-0.4, -0.2) is 10.8 Å². The van der Waals surface area contributed by atoms with E-state index in [0.717, 1.165) is 20.3 Å². The van der Waals surface area contributed by atoms with Crippen LogP contribution in [0.3, 0.4) is 0 Å². The summed E-state index contributed by atoms with van der Waals surface area (Å²) >= 11 is 4.82. The van der Waals surface area contributed by atoms with Crippen molar-refractivity contribution in [2.45, 2.75) is 6.92 Å². The normalized spacial score (nSPS) is 10.7. The summed E-state index contributed by atoms with van der Waals surface area (Å²) in [7, 11) is 0. The van der Waals surface area contributed by atoms with Gasteiger partial charge >= 0.3 is 0 Å². The lowest BCUT2D eigenvalue weighted by Crippen LogP contribution is -1.86. The molecule has 0 saturated carbocycles. The van der Waals surface area contributed by atoms with E-state index in [2.05, 4.69) is 20.9 Å². The van der Waals surface area contributed by atoms with Gasteiger partial charge in [-0.15, -0.1) is 11.3 Å². The standard InChI is InChI=1S/C15H10BrNO2S/c1-9(18)14-6-12-13(7-17-8-15(12)20-14)19-11-4-2-10(16)3-5-11/h2-8H,1H3. The van der Waals surface area contributed by atoms with E-state index in [1.54, 1.807) is 19.3 Å². The summed E-state index contributed by atoms with van der Waals surface area (Å²) in [6, 6.07) is 9.44. The van der Waals surface area contributed by atoms with E-state index < -0.39 is 0 Å². The van der Waals surface area contributed by atoms with E-state index in [9.17, 15) is 4.79 Å². The van der Waals surface area contributed by atoms with E-state index in [4.69, 9.17) is 4.74 Å². The zero-order chi connectivity index (χ0) is 14.1. The van der Waals surface area contributed by atoms with Crippen LogP contribution in [0.5, 0.6) is 11.5 Å². The highest BCUT2D eigenvalue weighted by atomic mass is 79.9. The van der Waals surface area contributed by atoms with Crippen molar-refractivity contribution in [2.75, 3.05) is 0 Å². The van der Waals surface area contributed by atoms with Gasteiger partial charge in [0.05, 0.1) is 15.8 Å². The second-order valence-electron chi connectivity index (χ2n) is 4.27. The van der Waals surface area contributed by atoms with Crippen molar-refractivity contribution >= 4 is 43.1 Å². The summed E-state index contributed by atoms with van der Waals surface area (Å²) in [5.41, 5.74) is 0. The highest BCUT2D eigenvalue weighted by Crippen LogP contribution is 2.34. The number of thiophene rings is 1. The van der Waals surface area contributed by atoms with Gasteiger partial charge in [-0.2, -0.15) is 0 Å². The van der Waals surface area contributed by atoms with Gasteiger partial charge in [0, 0.05) is 16.1 Å². The van der Waals surface area contributed by atoms with E-state index in [-0.39, 0.29) is 5.78 Å². The Morgan fingerprint density at radius 2 is 2.00 bits per heavy atom. The van der Waals surface area contributed by atoms with Crippen LogP contribution in [-0.2, 0) is 0 Å². The molecule has 2 heterocycles. The summed E-state index contributed by atoms with van der Waals surface area (Å²) in [5.74, 6) is 1.45. The zero-order valence-corrected chi connectivity index (χ0v) is 13.0. The molecule has 0 radical (unpaired) electrons. The average molecular weight is 348 g/mol. The molecule has 0 bridgehead atoms. The molecule has 3 aromatic rings. The fourth-order valence-corrected chi connectivity index (χ4v) is 3.03. The van der Waals surface area contributed by atoms with Crippen LogP contribution in [0.15, 0.2) is 47.2 Å². The Morgan fingerprint density at radius 3 is 2.70 bits per heavy atom.